The second-order valence-electron chi connectivity index (χ2n) is 5.62. The first-order valence-corrected chi connectivity index (χ1v) is 8.73. The zero-order valence-corrected chi connectivity index (χ0v) is 14.3. The minimum Gasteiger partial charge on any atom is -0.306 e. The normalized spacial score (nSPS) is 14.5. The molecule has 0 atom stereocenters. The zero-order chi connectivity index (χ0) is 16.5. The summed E-state index contributed by atoms with van der Waals surface area (Å²) >= 11 is 7.35. The minimum absolute atomic E-state index is 0.0705. The SMILES string of the molecule is O=c1[nH]c(-c2ccncc2)nc2c1CN(Cc1cnc(Cl)s1)CC2. The Morgan fingerprint density at radius 3 is 2.92 bits per heavy atom. The van der Waals surface area contributed by atoms with Gasteiger partial charge in [-0.25, -0.2) is 9.97 Å². The third-order valence-corrected chi connectivity index (χ3v) is 5.11. The van der Waals surface area contributed by atoms with Crippen LogP contribution in [0.4, 0.5) is 0 Å². The van der Waals surface area contributed by atoms with Crippen LogP contribution in [0.15, 0.2) is 35.5 Å². The number of thiazole rings is 1. The lowest BCUT2D eigenvalue weighted by molar-refractivity contribution is 0.244. The molecule has 0 aliphatic carbocycles. The number of pyridine rings is 1. The van der Waals surface area contributed by atoms with E-state index in [4.69, 9.17) is 11.6 Å². The average molecular weight is 360 g/mol. The van der Waals surface area contributed by atoms with E-state index >= 15 is 0 Å². The van der Waals surface area contributed by atoms with E-state index in [1.807, 2.05) is 12.1 Å². The summed E-state index contributed by atoms with van der Waals surface area (Å²) in [4.78, 5) is 31.4. The number of nitrogens with zero attached hydrogens (tertiary/aromatic N) is 4. The Morgan fingerprint density at radius 1 is 1.33 bits per heavy atom. The van der Waals surface area contributed by atoms with E-state index < -0.39 is 0 Å². The lowest BCUT2D eigenvalue weighted by Gasteiger charge is -2.27. The highest BCUT2D eigenvalue weighted by Gasteiger charge is 2.22. The fraction of sp³-hybridized carbons (Fsp3) is 0.250. The molecule has 0 bridgehead atoms. The maximum atomic E-state index is 12.5. The molecule has 0 amide bonds. The summed E-state index contributed by atoms with van der Waals surface area (Å²) in [5.74, 6) is 0.601. The number of halogens is 1. The van der Waals surface area contributed by atoms with Crippen LogP contribution in [0.5, 0.6) is 0 Å². The molecule has 8 heteroatoms. The van der Waals surface area contributed by atoms with Gasteiger partial charge >= 0.3 is 0 Å². The van der Waals surface area contributed by atoms with Crippen molar-refractivity contribution >= 4 is 22.9 Å². The molecular formula is C16H14ClN5OS. The molecular weight excluding hydrogens is 346 g/mol. The van der Waals surface area contributed by atoms with Crippen molar-refractivity contribution in [2.45, 2.75) is 19.5 Å². The predicted octanol–water partition coefficient (Wildman–Crippen LogP) is 2.50. The van der Waals surface area contributed by atoms with Crippen LogP contribution in [0.3, 0.4) is 0 Å². The maximum absolute atomic E-state index is 12.5. The van der Waals surface area contributed by atoms with Crippen LogP contribution in [-0.4, -0.2) is 31.4 Å². The number of fused-ring (bicyclic) bond motifs is 1. The third kappa shape index (κ3) is 3.10. The summed E-state index contributed by atoms with van der Waals surface area (Å²) in [5, 5.41) is 0. The Labute approximate surface area is 147 Å². The van der Waals surface area contributed by atoms with Crippen LogP contribution in [0.25, 0.3) is 11.4 Å². The highest BCUT2D eigenvalue weighted by atomic mass is 35.5. The van der Waals surface area contributed by atoms with E-state index in [1.165, 1.54) is 11.3 Å². The standard InChI is InChI=1S/C16H14ClN5OS/c17-16-19-7-11(24-16)8-22-6-3-13-12(9-22)15(23)21-14(20-13)10-1-4-18-5-2-10/h1-2,4-5,7H,3,6,8-9H2,(H,20,21,23). The molecule has 122 valence electrons. The monoisotopic (exact) mass is 359 g/mol. The molecule has 0 saturated heterocycles. The largest absolute Gasteiger partial charge is 0.306 e. The molecule has 6 nitrogen and oxygen atoms in total. The van der Waals surface area contributed by atoms with Crippen LogP contribution < -0.4 is 5.56 Å². The third-order valence-electron chi connectivity index (χ3n) is 4.01. The lowest BCUT2D eigenvalue weighted by Crippen LogP contribution is -2.35. The summed E-state index contributed by atoms with van der Waals surface area (Å²) in [6.07, 6.45) is 5.93. The van der Waals surface area contributed by atoms with Crippen LogP contribution in [-0.2, 0) is 19.5 Å². The first-order valence-electron chi connectivity index (χ1n) is 7.54. The van der Waals surface area contributed by atoms with Crippen molar-refractivity contribution < 1.29 is 0 Å². The summed E-state index contributed by atoms with van der Waals surface area (Å²) in [7, 11) is 0. The summed E-state index contributed by atoms with van der Waals surface area (Å²) in [5.41, 5.74) is 2.42. The lowest BCUT2D eigenvalue weighted by atomic mass is 10.1. The first kappa shape index (κ1) is 15.4. The first-order chi connectivity index (χ1) is 11.7. The van der Waals surface area contributed by atoms with Crippen molar-refractivity contribution in [3.63, 3.8) is 0 Å². The van der Waals surface area contributed by atoms with Gasteiger partial charge in [0.2, 0.25) is 0 Å². The van der Waals surface area contributed by atoms with Gasteiger partial charge in [0, 0.05) is 55.1 Å². The molecule has 0 unspecified atom stereocenters. The number of H-pyrrole nitrogens is 1. The molecule has 1 aliphatic rings. The predicted molar refractivity (Wildman–Crippen MR) is 93.0 cm³/mol. The van der Waals surface area contributed by atoms with Gasteiger partial charge in [0.15, 0.2) is 4.47 Å². The van der Waals surface area contributed by atoms with Crippen molar-refractivity contribution in [2.75, 3.05) is 6.54 Å². The van der Waals surface area contributed by atoms with Gasteiger partial charge in [0.05, 0.1) is 11.3 Å². The van der Waals surface area contributed by atoms with Crippen molar-refractivity contribution in [1.82, 2.24) is 24.8 Å². The molecule has 3 aromatic heterocycles. The fourth-order valence-electron chi connectivity index (χ4n) is 2.84. The molecule has 1 N–H and O–H groups in total. The molecule has 0 aromatic carbocycles. The van der Waals surface area contributed by atoms with Crippen molar-refractivity contribution in [3.05, 3.63) is 61.7 Å². The summed E-state index contributed by atoms with van der Waals surface area (Å²) < 4.78 is 0.545. The Bertz CT molecular complexity index is 924. The van der Waals surface area contributed by atoms with Gasteiger partial charge in [0.25, 0.3) is 5.56 Å². The van der Waals surface area contributed by atoms with E-state index in [9.17, 15) is 4.79 Å². The number of aromatic nitrogens is 4. The van der Waals surface area contributed by atoms with Gasteiger partial charge in [-0.05, 0) is 12.1 Å². The molecule has 4 heterocycles. The van der Waals surface area contributed by atoms with Crippen molar-refractivity contribution in [3.8, 4) is 11.4 Å². The van der Waals surface area contributed by atoms with Crippen LogP contribution in [0, 0.1) is 0 Å². The Kier molecular flexibility index (Phi) is 4.13. The van der Waals surface area contributed by atoms with Crippen LogP contribution >= 0.6 is 22.9 Å². The second kappa shape index (κ2) is 6.43. The smallest absolute Gasteiger partial charge is 0.255 e. The quantitative estimate of drug-likeness (QED) is 0.777. The van der Waals surface area contributed by atoms with Crippen molar-refractivity contribution in [1.29, 1.82) is 0 Å². The van der Waals surface area contributed by atoms with Gasteiger partial charge in [0.1, 0.15) is 5.82 Å². The van der Waals surface area contributed by atoms with Crippen LogP contribution in [0.2, 0.25) is 4.47 Å². The molecule has 0 spiro atoms. The molecule has 1 aliphatic heterocycles. The summed E-state index contributed by atoms with van der Waals surface area (Å²) in [6, 6.07) is 3.68. The second-order valence-corrected chi connectivity index (χ2v) is 7.31. The Balaban J connectivity index is 1.59. The van der Waals surface area contributed by atoms with E-state index in [-0.39, 0.29) is 5.56 Å². The molecule has 4 rings (SSSR count). The van der Waals surface area contributed by atoms with Gasteiger partial charge in [-0.3, -0.25) is 14.7 Å². The van der Waals surface area contributed by atoms with Gasteiger partial charge in [-0.15, -0.1) is 11.3 Å². The van der Waals surface area contributed by atoms with Crippen LogP contribution in [0.1, 0.15) is 16.1 Å². The number of hydrogen-bond acceptors (Lipinski definition) is 6. The van der Waals surface area contributed by atoms with Gasteiger partial charge in [-0.1, -0.05) is 11.6 Å². The highest BCUT2D eigenvalue weighted by molar-refractivity contribution is 7.15. The van der Waals surface area contributed by atoms with E-state index in [2.05, 4.69) is 24.8 Å². The number of rotatable bonds is 3. The van der Waals surface area contributed by atoms with Gasteiger partial charge in [-0.2, -0.15) is 0 Å². The Morgan fingerprint density at radius 2 is 2.17 bits per heavy atom. The number of nitrogens with one attached hydrogen (secondary N) is 1. The summed E-state index contributed by atoms with van der Waals surface area (Å²) in [6.45, 7) is 2.19. The minimum atomic E-state index is -0.0705. The zero-order valence-electron chi connectivity index (χ0n) is 12.7. The molecule has 3 aromatic rings. The molecule has 0 saturated carbocycles. The molecule has 0 radical (unpaired) electrons. The van der Waals surface area contributed by atoms with E-state index in [0.29, 0.717) is 16.8 Å². The highest BCUT2D eigenvalue weighted by Crippen LogP contribution is 2.23. The maximum Gasteiger partial charge on any atom is 0.255 e. The Hall–Kier alpha value is -2.09. The average Bonchev–Trinajstić information content (AvgIpc) is 3.01. The van der Waals surface area contributed by atoms with E-state index in [1.54, 1.807) is 18.6 Å². The number of aromatic amines is 1. The van der Waals surface area contributed by atoms with Crippen molar-refractivity contribution in [2.24, 2.45) is 0 Å². The number of hydrogen-bond donors (Lipinski definition) is 1. The molecule has 0 fully saturated rings. The topological polar surface area (TPSA) is 74.8 Å². The van der Waals surface area contributed by atoms with E-state index in [0.717, 1.165) is 41.2 Å². The fourth-order valence-corrected chi connectivity index (χ4v) is 3.86. The van der Waals surface area contributed by atoms with Gasteiger partial charge < -0.3 is 4.98 Å². The molecule has 24 heavy (non-hydrogen) atoms.